The third-order valence-electron chi connectivity index (χ3n) is 1.75. The number of rotatable bonds is 0. The molecular formula is C8H5N3S. The zero-order valence-corrected chi connectivity index (χ0v) is 7.22. The molecule has 2 rings (SSSR count). The molecule has 0 spiro atoms. The molecule has 1 aromatic carbocycles. The third-order valence-corrected chi connectivity index (χ3v) is 2.29. The van der Waals surface area contributed by atoms with Crippen molar-refractivity contribution in [3.63, 3.8) is 0 Å². The Hall–Kier alpha value is -1.47. The van der Waals surface area contributed by atoms with Crippen LogP contribution < -0.4 is 0 Å². The van der Waals surface area contributed by atoms with Crippen LogP contribution in [-0.4, -0.2) is 8.75 Å². The summed E-state index contributed by atoms with van der Waals surface area (Å²) in [5.74, 6) is 0. The van der Waals surface area contributed by atoms with Gasteiger partial charge in [-0.3, -0.25) is 0 Å². The Morgan fingerprint density at radius 3 is 3.00 bits per heavy atom. The van der Waals surface area contributed by atoms with E-state index in [0.29, 0.717) is 5.56 Å². The molecule has 12 heavy (non-hydrogen) atoms. The summed E-state index contributed by atoms with van der Waals surface area (Å²) >= 11 is 1.14. The van der Waals surface area contributed by atoms with Crippen LogP contribution in [0.4, 0.5) is 0 Å². The highest BCUT2D eigenvalue weighted by Gasteiger charge is 2.06. The van der Waals surface area contributed by atoms with E-state index in [1.807, 2.05) is 19.1 Å². The van der Waals surface area contributed by atoms with Crippen LogP contribution in [0.1, 0.15) is 11.1 Å². The van der Waals surface area contributed by atoms with E-state index < -0.39 is 0 Å². The Morgan fingerprint density at radius 2 is 2.25 bits per heavy atom. The summed E-state index contributed by atoms with van der Waals surface area (Å²) in [6.07, 6.45) is 0. The molecule has 0 N–H and O–H groups in total. The molecule has 0 saturated carbocycles. The van der Waals surface area contributed by atoms with E-state index in [1.54, 1.807) is 0 Å². The van der Waals surface area contributed by atoms with Gasteiger partial charge in [0.25, 0.3) is 0 Å². The van der Waals surface area contributed by atoms with Gasteiger partial charge in [0.2, 0.25) is 0 Å². The van der Waals surface area contributed by atoms with E-state index in [-0.39, 0.29) is 0 Å². The normalized spacial score (nSPS) is 10.0. The molecule has 1 heterocycles. The standard InChI is InChI=1S/C8H5N3S/c1-5-2-3-7-8(6(5)4-9)11-12-10-7/h2-3H,1H3. The second-order valence-electron chi connectivity index (χ2n) is 2.50. The Balaban J connectivity index is 2.94. The van der Waals surface area contributed by atoms with Crippen molar-refractivity contribution in [1.82, 2.24) is 8.75 Å². The maximum absolute atomic E-state index is 8.82. The minimum Gasteiger partial charge on any atom is -0.192 e. The lowest BCUT2D eigenvalue weighted by atomic mass is 10.1. The third kappa shape index (κ3) is 0.874. The Labute approximate surface area is 73.6 Å². The van der Waals surface area contributed by atoms with Crippen molar-refractivity contribution in [3.8, 4) is 6.07 Å². The zero-order valence-electron chi connectivity index (χ0n) is 6.40. The van der Waals surface area contributed by atoms with Gasteiger partial charge in [0, 0.05) is 0 Å². The molecule has 58 valence electrons. The van der Waals surface area contributed by atoms with Gasteiger partial charge in [0.15, 0.2) is 0 Å². The number of hydrogen-bond acceptors (Lipinski definition) is 4. The molecule has 0 amide bonds. The molecule has 0 unspecified atom stereocenters. The lowest BCUT2D eigenvalue weighted by Gasteiger charge is -1.94. The minimum absolute atomic E-state index is 0.640. The molecule has 4 heteroatoms. The fraction of sp³-hybridized carbons (Fsp3) is 0.125. The number of aromatic nitrogens is 2. The largest absolute Gasteiger partial charge is 0.192 e. The van der Waals surface area contributed by atoms with E-state index in [9.17, 15) is 0 Å². The van der Waals surface area contributed by atoms with Gasteiger partial charge in [-0.1, -0.05) is 6.07 Å². The Morgan fingerprint density at radius 1 is 1.42 bits per heavy atom. The molecular weight excluding hydrogens is 170 g/mol. The molecule has 3 nitrogen and oxygen atoms in total. The number of nitrogens with zero attached hydrogens (tertiary/aromatic N) is 3. The quantitative estimate of drug-likeness (QED) is 0.614. The van der Waals surface area contributed by atoms with Gasteiger partial charge in [-0.15, -0.1) is 0 Å². The van der Waals surface area contributed by atoms with Crippen molar-refractivity contribution in [2.45, 2.75) is 6.92 Å². The fourth-order valence-electron chi connectivity index (χ4n) is 1.09. The summed E-state index contributed by atoms with van der Waals surface area (Å²) in [5, 5.41) is 8.82. The summed E-state index contributed by atoms with van der Waals surface area (Å²) in [4.78, 5) is 0. The first-order valence-electron chi connectivity index (χ1n) is 3.45. The van der Waals surface area contributed by atoms with E-state index in [2.05, 4.69) is 14.8 Å². The molecule has 2 aromatic rings. The highest BCUT2D eigenvalue weighted by atomic mass is 32.1. The van der Waals surface area contributed by atoms with E-state index in [0.717, 1.165) is 28.3 Å². The van der Waals surface area contributed by atoms with Crippen LogP contribution in [0.5, 0.6) is 0 Å². The molecule has 0 bridgehead atoms. The number of benzene rings is 1. The molecule has 1 aromatic heterocycles. The van der Waals surface area contributed by atoms with Crippen molar-refractivity contribution in [2.75, 3.05) is 0 Å². The van der Waals surface area contributed by atoms with Crippen LogP contribution in [0.3, 0.4) is 0 Å². The van der Waals surface area contributed by atoms with Crippen molar-refractivity contribution in [3.05, 3.63) is 23.3 Å². The fourth-order valence-corrected chi connectivity index (χ4v) is 1.64. The second-order valence-corrected chi connectivity index (χ2v) is 3.03. The lowest BCUT2D eigenvalue weighted by Crippen LogP contribution is -1.83. The summed E-state index contributed by atoms with van der Waals surface area (Å²) in [6.45, 7) is 1.90. The molecule has 0 aliphatic rings. The molecule has 0 saturated heterocycles. The highest BCUT2D eigenvalue weighted by molar-refractivity contribution is 7.00. The van der Waals surface area contributed by atoms with Gasteiger partial charge in [0.05, 0.1) is 17.3 Å². The Bertz CT molecular complexity index is 467. The first-order chi connectivity index (χ1) is 5.83. The summed E-state index contributed by atoms with van der Waals surface area (Å²) in [5.41, 5.74) is 3.13. The average Bonchev–Trinajstić information content (AvgIpc) is 2.52. The van der Waals surface area contributed by atoms with Gasteiger partial charge in [0.1, 0.15) is 17.1 Å². The first kappa shape index (κ1) is 7.19. The second kappa shape index (κ2) is 2.54. The minimum atomic E-state index is 0.640. The molecule has 0 radical (unpaired) electrons. The number of nitriles is 1. The van der Waals surface area contributed by atoms with Crippen LogP contribution in [-0.2, 0) is 0 Å². The summed E-state index contributed by atoms with van der Waals surface area (Å²) < 4.78 is 8.11. The zero-order chi connectivity index (χ0) is 8.55. The predicted octanol–water partition coefficient (Wildman–Crippen LogP) is 1.87. The van der Waals surface area contributed by atoms with Crippen LogP contribution in [0.2, 0.25) is 0 Å². The maximum Gasteiger partial charge on any atom is 0.122 e. The van der Waals surface area contributed by atoms with Gasteiger partial charge in [-0.05, 0) is 18.6 Å². The first-order valence-corrected chi connectivity index (χ1v) is 4.18. The van der Waals surface area contributed by atoms with E-state index in [4.69, 9.17) is 5.26 Å². The van der Waals surface area contributed by atoms with Crippen molar-refractivity contribution in [2.24, 2.45) is 0 Å². The number of fused-ring (bicyclic) bond motifs is 1. The van der Waals surface area contributed by atoms with Crippen LogP contribution in [0, 0.1) is 18.3 Å². The SMILES string of the molecule is Cc1ccc2nsnc2c1C#N. The van der Waals surface area contributed by atoms with Gasteiger partial charge >= 0.3 is 0 Å². The topological polar surface area (TPSA) is 49.6 Å². The maximum atomic E-state index is 8.82. The predicted molar refractivity (Wildman–Crippen MR) is 46.9 cm³/mol. The van der Waals surface area contributed by atoms with Crippen LogP contribution in [0.15, 0.2) is 12.1 Å². The van der Waals surface area contributed by atoms with Crippen LogP contribution in [0.25, 0.3) is 11.0 Å². The molecule has 0 atom stereocenters. The van der Waals surface area contributed by atoms with Gasteiger partial charge in [-0.25, -0.2) is 0 Å². The van der Waals surface area contributed by atoms with Crippen molar-refractivity contribution >= 4 is 22.8 Å². The molecule has 0 aliphatic carbocycles. The van der Waals surface area contributed by atoms with Crippen LogP contribution >= 0.6 is 11.7 Å². The Kier molecular flexibility index (Phi) is 1.52. The smallest absolute Gasteiger partial charge is 0.122 e. The average molecular weight is 175 g/mol. The van der Waals surface area contributed by atoms with E-state index >= 15 is 0 Å². The lowest BCUT2D eigenvalue weighted by molar-refractivity contribution is 1.41. The highest BCUT2D eigenvalue weighted by Crippen LogP contribution is 2.18. The van der Waals surface area contributed by atoms with Crippen molar-refractivity contribution < 1.29 is 0 Å². The number of hydrogen-bond donors (Lipinski definition) is 0. The van der Waals surface area contributed by atoms with E-state index in [1.165, 1.54) is 0 Å². The van der Waals surface area contributed by atoms with Crippen molar-refractivity contribution in [1.29, 1.82) is 5.26 Å². The number of aryl methyl sites for hydroxylation is 1. The summed E-state index contributed by atoms with van der Waals surface area (Å²) in [6, 6.07) is 5.90. The molecule has 0 fully saturated rings. The monoisotopic (exact) mass is 175 g/mol. The van der Waals surface area contributed by atoms with Gasteiger partial charge in [-0.2, -0.15) is 14.0 Å². The summed E-state index contributed by atoms with van der Waals surface area (Å²) in [7, 11) is 0. The molecule has 0 aliphatic heterocycles. The van der Waals surface area contributed by atoms with Gasteiger partial charge < -0.3 is 0 Å².